The highest BCUT2D eigenvalue weighted by Gasteiger charge is 2.29. The lowest BCUT2D eigenvalue weighted by molar-refractivity contribution is 0.239. The van der Waals surface area contributed by atoms with E-state index in [1.54, 1.807) is 0 Å². The van der Waals surface area contributed by atoms with Gasteiger partial charge in [-0.3, -0.25) is 0 Å². The number of hydrogen-bond donors (Lipinski definition) is 2. The molecule has 1 fully saturated rings. The molecule has 0 aliphatic carbocycles. The zero-order valence-corrected chi connectivity index (χ0v) is 11.6. The van der Waals surface area contributed by atoms with Crippen LogP contribution in [-0.2, 0) is 6.54 Å². The monoisotopic (exact) mass is 264 g/mol. The lowest BCUT2D eigenvalue weighted by Crippen LogP contribution is -2.42. The molecule has 2 N–H and O–H groups in total. The van der Waals surface area contributed by atoms with E-state index in [9.17, 15) is 4.79 Å². The van der Waals surface area contributed by atoms with Crippen LogP contribution in [0.4, 0.5) is 4.79 Å². The van der Waals surface area contributed by atoms with Gasteiger partial charge in [0.1, 0.15) is 0 Å². The molecule has 1 aliphatic heterocycles. The predicted molar refractivity (Wildman–Crippen MR) is 76.8 cm³/mol. The first-order chi connectivity index (χ1) is 8.68. The first kappa shape index (κ1) is 13.3. The van der Waals surface area contributed by atoms with Crippen molar-refractivity contribution in [1.29, 1.82) is 0 Å². The fourth-order valence-electron chi connectivity index (χ4n) is 2.08. The van der Waals surface area contributed by atoms with Gasteiger partial charge in [-0.1, -0.05) is 30.3 Å². The van der Waals surface area contributed by atoms with Crippen LogP contribution in [0.25, 0.3) is 0 Å². The van der Waals surface area contributed by atoms with Crippen molar-refractivity contribution in [3.63, 3.8) is 0 Å². The topological polar surface area (TPSA) is 41.1 Å². The summed E-state index contributed by atoms with van der Waals surface area (Å²) in [6.45, 7) is 3.55. The molecule has 0 bridgehead atoms. The zero-order valence-electron chi connectivity index (χ0n) is 10.7. The van der Waals surface area contributed by atoms with Gasteiger partial charge in [0.25, 0.3) is 0 Å². The maximum atomic E-state index is 11.7. The van der Waals surface area contributed by atoms with E-state index in [2.05, 4.69) is 17.6 Å². The Kier molecular flexibility index (Phi) is 4.53. The van der Waals surface area contributed by atoms with Gasteiger partial charge in [-0.05, 0) is 31.1 Å². The minimum absolute atomic E-state index is 0.0763. The van der Waals surface area contributed by atoms with E-state index in [0.717, 1.165) is 12.1 Å². The number of urea groups is 1. The number of nitrogens with one attached hydrogen (secondary N) is 2. The van der Waals surface area contributed by atoms with Crippen molar-refractivity contribution in [2.24, 2.45) is 0 Å². The third-order valence-corrected chi connectivity index (χ3v) is 4.76. The SMILES string of the molecule is CC1(CNC(=O)NCc2ccccc2)CCCS1. The molecular weight excluding hydrogens is 244 g/mol. The Morgan fingerprint density at radius 1 is 1.33 bits per heavy atom. The summed E-state index contributed by atoms with van der Waals surface area (Å²) in [6.07, 6.45) is 2.45. The summed E-state index contributed by atoms with van der Waals surface area (Å²) in [5, 5.41) is 5.85. The lowest BCUT2D eigenvalue weighted by atomic mass is 10.1. The van der Waals surface area contributed by atoms with Crippen LogP contribution in [-0.4, -0.2) is 23.1 Å². The number of thioether (sulfide) groups is 1. The number of rotatable bonds is 4. The van der Waals surface area contributed by atoms with Crippen LogP contribution < -0.4 is 10.6 Å². The summed E-state index contributed by atoms with van der Waals surface area (Å²) in [5.41, 5.74) is 1.12. The Morgan fingerprint density at radius 3 is 2.78 bits per heavy atom. The minimum atomic E-state index is -0.0763. The highest BCUT2D eigenvalue weighted by Crippen LogP contribution is 2.36. The van der Waals surface area contributed by atoms with Crippen molar-refractivity contribution in [1.82, 2.24) is 10.6 Å². The molecule has 0 radical (unpaired) electrons. The Labute approximate surface area is 113 Å². The third kappa shape index (κ3) is 3.95. The second-order valence-electron chi connectivity index (χ2n) is 4.92. The molecule has 1 atom stereocenters. The van der Waals surface area contributed by atoms with Gasteiger partial charge >= 0.3 is 6.03 Å². The number of benzene rings is 1. The van der Waals surface area contributed by atoms with Crippen molar-refractivity contribution in [2.45, 2.75) is 31.1 Å². The Morgan fingerprint density at radius 2 is 2.11 bits per heavy atom. The van der Waals surface area contributed by atoms with E-state index in [4.69, 9.17) is 0 Å². The number of hydrogen-bond acceptors (Lipinski definition) is 2. The van der Waals surface area contributed by atoms with Crippen molar-refractivity contribution in [3.8, 4) is 0 Å². The normalized spacial score (nSPS) is 22.7. The second kappa shape index (κ2) is 6.14. The van der Waals surface area contributed by atoms with E-state index >= 15 is 0 Å². The Balaban J connectivity index is 1.69. The van der Waals surface area contributed by atoms with E-state index in [1.165, 1.54) is 18.6 Å². The molecule has 1 aliphatic rings. The fraction of sp³-hybridized carbons (Fsp3) is 0.500. The second-order valence-corrected chi connectivity index (χ2v) is 6.61. The fourth-order valence-corrected chi connectivity index (χ4v) is 3.33. The van der Waals surface area contributed by atoms with Gasteiger partial charge in [0.2, 0.25) is 0 Å². The van der Waals surface area contributed by atoms with E-state index < -0.39 is 0 Å². The number of amides is 2. The van der Waals surface area contributed by atoms with Crippen LogP contribution in [0.1, 0.15) is 25.3 Å². The van der Waals surface area contributed by atoms with Gasteiger partial charge in [-0.15, -0.1) is 0 Å². The summed E-state index contributed by atoms with van der Waals surface area (Å²) in [5.74, 6) is 1.21. The Bertz CT molecular complexity index is 388. The first-order valence-corrected chi connectivity index (χ1v) is 7.36. The molecule has 0 saturated carbocycles. The first-order valence-electron chi connectivity index (χ1n) is 6.38. The van der Waals surface area contributed by atoms with Crippen molar-refractivity contribution in [2.75, 3.05) is 12.3 Å². The number of carbonyl (C=O) groups is 1. The quantitative estimate of drug-likeness (QED) is 0.878. The standard InChI is InChI=1S/C14H20N2OS/c1-14(8-5-9-18-14)11-16-13(17)15-10-12-6-3-2-4-7-12/h2-4,6-7H,5,8-11H2,1H3,(H2,15,16,17). The van der Waals surface area contributed by atoms with Crippen molar-refractivity contribution >= 4 is 17.8 Å². The lowest BCUT2D eigenvalue weighted by Gasteiger charge is -2.22. The minimum Gasteiger partial charge on any atom is -0.337 e. The average molecular weight is 264 g/mol. The molecule has 1 saturated heterocycles. The molecule has 0 aromatic heterocycles. The molecule has 1 unspecified atom stereocenters. The molecule has 98 valence electrons. The maximum Gasteiger partial charge on any atom is 0.315 e. The third-order valence-electron chi connectivity index (χ3n) is 3.22. The maximum absolute atomic E-state index is 11.7. The zero-order chi connectivity index (χ0) is 12.8. The highest BCUT2D eigenvalue weighted by atomic mass is 32.2. The molecular formula is C14H20N2OS. The van der Waals surface area contributed by atoms with Crippen LogP contribution in [0.2, 0.25) is 0 Å². The summed E-state index contributed by atoms with van der Waals surface area (Å²) in [4.78, 5) is 11.7. The molecule has 1 aromatic rings. The van der Waals surface area contributed by atoms with E-state index in [0.29, 0.717) is 6.54 Å². The van der Waals surface area contributed by atoms with Gasteiger partial charge in [-0.2, -0.15) is 11.8 Å². The molecule has 1 heterocycles. The van der Waals surface area contributed by atoms with Crippen LogP contribution >= 0.6 is 11.8 Å². The average Bonchev–Trinajstić information content (AvgIpc) is 2.83. The van der Waals surface area contributed by atoms with E-state index in [1.807, 2.05) is 42.1 Å². The van der Waals surface area contributed by atoms with Gasteiger partial charge < -0.3 is 10.6 Å². The van der Waals surface area contributed by atoms with Crippen LogP contribution in [0.3, 0.4) is 0 Å². The molecule has 0 spiro atoms. The summed E-state index contributed by atoms with van der Waals surface area (Å²) < 4.78 is 0.226. The smallest absolute Gasteiger partial charge is 0.315 e. The molecule has 4 heteroatoms. The molecule has 2 amide bonds. The molecule has 18 heavy (non-hydrogen) atoms. The summed E-state index contributed by atoms with van der Waals surface area (Å²) in [6, 6.07) is 9.87. The summed E-state index contributed by atoms with van der Waals surface area (Å²) >= 11 is 1.96. The van der Waals surface area contributed by atoms with Crippen LogP contribution in [0.5, 0.6) is 0 Å². The molecule has 1 aromatic carbocycles. The Hall–Kier alpha value is -1.16. The van der Waals surface area contributed by atoms with Gasteiger partial charge in [0.15, 0.2) is 0 Å². The van der Waals surface area contributed by atoms with Crippen LogP contribution in [0, 0.1) is 0 Å². The van der Waals surface area contributed by atoms with Crippen molar-refractivity contribution < 1.29 is 4.79 Å². The van der Waals surface area contributed by atoms with Crippen molar-refractivity contribution in [3.05, 3.63) is 35.9 Å². The van der Waals surface area contributed by atoms with E-state index in [-0.39, 0.29) is 10.8 Å². The van der Waals surface area contributed by atoms with Gasteiger partial charge in [0, 0.05) is 17.8 Å². The predicted octanol–water partition coefficient (Wildman–Crippen LogP) is 2.77. The molecule has 3 nitrogen and oxygen atoms in total. The largest absolute Gasteiger partial charge is 0.337 e. The van der Waals surface area contributed by atoms with Crippen LogP contribution in [0.15, 0.2) is 30.3 Å². The molecule has 2 rings (SSSR count). The van der Waals surface area contributed by atoms with Gasteiger partial charge in [0.05, 0.1) is 0 Å². The summed E-state index contributed by atoms with van der Waals surface area (Å²) in [7, 11) is 0. The van der Waals surface area contributed by atoms with Gasteiger partial charge in [-0.25, -0.2) is 4.79 Å². The number of carbonyl (C=O) groups excluding carboxylic acids is 1. The highest BCUT2D eigenvalue weighted by molar-refractivity contribution is 8.00.